The lowest BCUT2D eigenvalue weighted by atomic mass is 9.76. The minimum Gasteiger partial charge on any atom is -0.356 e. The van der Waals surface area contributed by atoms with Crippen LogP contribution in [0.15, 0.2) is 0 Å². The van der Waals surface area contributed by atoms with Gasteiger partial charge in [-0.25, -0.2) is 0 Å². The third kappa shape index (κ3) is 3.95. The van der Waals surface area contributed by atoms with Gasteiger partial charge in [0, 0.05) is 12.6 Å². The zero-order valence-electron chi connectivity index (χ0n) is 13.1. The molecular weight excluding hydrogens is 250 g/mol. The molecule has 0 radical (unpaired) electrons. The summed E-state index contributed by atoms with van der Waals surface area (Å²) in [7, 11) is 0. The fourth-order valence-electron chi connectivity index (χ4n) is 3.78. The Morgan fingerprint density at radius 1 is 1.25 bits per heavy atom. The highest BCUT2D eigenvalue weighted by Crippen LogP contribution is 2.29. The average Bonchev–Trinajstić information content (AvgIpc) is 2.45. The second kappa shape index (κ2) is 7.41. The van der Waals surface area contributed by atoms with Crippen molar-refractivity contribution in [2.45, 2.75) is 52.0 Å². The third-order valence-corrected chi connectivity index (χ3v) is 5.29. The predicted molar refractivity (Wildman–Crippen MR) is 82.3 cm³/mol. The van der Waals surface area contributed by atoms with E-state index in [1.54, 1.807) is 0 Å². The Bertz CT molecular complexity index is 303. The number of nitrogens with two attached hydrogens (primary N) is 1. The van der Waals surface area contributed by atoms with Crippen molar-refractivity contribution in [2.75, 3.05) is 26.2 Å². The molecule has 1 saturated carbocycles. The Hall–Kier alpha value is -0.610. The van der Waals surface area contributed by atoms with Crippen LogP contribution in [0.4, 0.5) is 0 Å². The monoisotopic (exact) mass is 281 g/mol. The Morgan fingerprint density at radius 3 is 2.55 bits per heavy atom. The highest BCUT2D eigenvalue weighted by atomic mass is 16.1. The molecule has 3 atom stereocenters. The molecule has 1 amide bonds. The number of nitrogens with one attached hydrogen (secondary N) is 1. The number of carbonyl (C=O) groups is 1. The van der Waals surface area contributed by atoms with Gasteiger partial charge in [-0.15, -0.1) is 0 Å². The largest absolute Gasteiger partial charge is 0.356 e. The van der Waals surface area contributed by atoms with Gasteiger partial charge in [0.05, 0.1) is 5.92 Å². The number of rotatable bonds is 4. The standard InChI is InChI=1S/C16H31N3O/c1-3-19-9-7-13(8-10-19)11-18-16(20)15-12(2)5-4-6-14(15)17/h12-15H,3-11,17H2,1-2H3,(H,18,20). The van der Waals surface area contributed by atoms with E-state index in [4.69, 9.17) is 5.73 Å². The number of carbonyl (C=O) groups excluding carboxylic acids is 1. The smallest absolute Gasteiger partial charge is 0.224 e. The van der Waals surface area contributed by atoms with Crippen LogP contribution < -0.4 is 11.1 Å². The lowest BCUT2D eigenvalue weighted by Crippen LogP contribution is -2.48. The van der Waals surface area contributed by atoms with Gasteiger partial charge in [0.1, 0.15) is 0 Å². The number of likely N-dealkylation sites (tertiary alicyclic amines) is 1. The van der Waals surface area contributed by atoms with Gasteiger partial charge < -0.3 is 16.0 Å². The van der Waals surface area contributed by atoms with Crippen molar-refractivity contribution in [3.63, 3.8) is 0 Å². The topological polar surface area (TPSA) is 58.4 Å². The number of amides is 1. The van der Waals surface area contributed by atoms with Crippen LogP contribution >= 0.6 is 0 Å². The summed E-state index contributed by atoms with van der Waals surface area (Å²) in [5.41, 5.74) is 6.15. The van der Waals surface area contributed by atoms with E-state index >= 15 is 0 Å². The molecule has 0 bridgehead atoms. The van der Waals surface area contributed by atoms with E-state index in [9.17, 15) is 4.79 Å². The van der Waals surface area contributed by atoms with E-state index in [1.807, 2.05) is 0 Å². The van der Waals surface area contributed by atoms with Crippen LogP contribution in [0.3, 0.4) is 0 Å². The van der Waals surface area contributed by atoms with Crippen molar-refractivity contribution in [2.24, 2.45) is 23.5 Å². The first-order valence-corrected chi connectivity index (χ1v) is 8.37. The Labute approximate surface area is 123 Å². The van der Waals surface area contributed by atoms with Crippen LogP contribution in [0.25, 0.3) is 0 Å². The van der Waals surface area contributed by atoms with Crippen molar-refractivity contribution in [1.29, 1.82) is 0 Å². The molecule has 4 nitrogen and oxygen atoms in total. The molecule has 1 aliphatic carbocycles. The molecule has 1 saturated heterocycles. The van der Waals surface area contributed by atoms with Gasteiger partial charge >= 0.3 is 0 Å². The maximum absolute atomic E-state index is 12.4. The van der Waals surface area contributed by atoms with Gasteiger partial charge in [-0.05, 0) is 57.2 Å². The molecular formula is C16H31N3O. The minimum atomic E-state index is 0.0273. The number of hydrogen-bond donors (Lipinski definition) is 2. The quantitative estimate of drug-likeness (QED) is 0.823. The first-order chi connectivity index (χ1) is 9.61. The molecule has 3 N–H and O–H groups in total. The summed E-state index contributed by atoms with van der Waals surface area (Å²) in [4.78, 5) is 14.9. The summed E-state index contributed by atoms with van der Waals surface area (Å²) in [6.45, 7) is 8.73. The van der Waals surface area contributed by atoms with Gasteiger partial charge in [0.2, 0.25) is 5.91 Å². The van der Waals surface area contributed by atoms with Crippen molar-refractivity contribution >= 4 is 5.91 Å². The van der Waals surface area contributed by atoms with E-state index in [1.165, 1.54) is 32.4 Å². The molecule has 4 heteroatoms. The van der Waals surface area contributed by atoms with Crippen molar-refractivity contribution in [1.82, 2.24) is 10.2 Å². The van der Waals surface area contributed by atoms with E-state index in [0.29, 0.717) is 11.8 Å². The van der Waals surface area contributed by atoms with Gasteiger partial charge in [-0.3, -0.25) is 4.79 Å². The Kier molecular flexibility index (Phi) is 5.85. The van der Waals surface area contributed by atoms with Crippen LogP contribution in [-0.2, 0) is 4.79 Å². The number of nitrogens with zero attached hydrogens (tertiary/aromatic N) is 1. The van der Waals surface area contributed by atoms with Gasteiger partial charge in [0.15, 0.2) is 0 Å². The van der Waals surface area contributed by atoms with E-state index < -0.39 is 0 Å². The molecule has 1 heterocycles. The molecule has 2 aliphatic rings. The summed E-state index contributed by atoms with van der Waals surface area (Å²) < 4.78 is 0. The van der Waals surface area contributed by atoms with Crippen molar-refractivity contribution < 1.29 is 4.79 Å². The summed E-state index contributed by atoms with van der Waals surface area (Å²) in [6.07, 6.45) is 5.72. The maximum Gasteiger partial charge on any atom is 0.224 e. The van der Waals surface area contributed by atoms with E-state index in [2.05, 4.69) is 24.1 Å². The first-order valence-electron chi connectivity index (χ1n) is 8.37. The fourth-order valence-corrected chi connectivity index (χ4v) is 3.78. The number of hydrogen-bond acceptors (Lipinski definition) is 3. The van der Waals surface area contributed by atoms with Crippen LogP contribution in [-0.4, -0.2) is 43.0 Å². The lowest BCUT2D eigenvalue weighted by molar-refractivity contribution is -0.128. The Morgan fingerprint density at radius 2 is 1.95 bits per heavy atom. The normalized spacial score (nSPS) is 33.0. The first kappa shape index (κ1) is 15.8. The van der Waals surface area contributed by atoms with Crippen LogP contribution in [0.5, 0.6) is 0 Å². The van der Waals surface area contributed by atoms with Crippen LogP contribution in [0.1, 0.15) is 46.0 Å². The minimum absolute atomic E-state index is 0.0273. The molecule has 3 unspecified atom stereocenters. The molecule has 2 rings (SSSR count). The fraction of sp³-hybridized carbons (Fsp3) is 0.938. The average molecular weight is 281 g/mol. The van der Waals surface area contributed by atoms with Crippen LogP contribution in [0.2, 0.25) is 0 Å². The molecule has 116 valence electrons. The SMILES string of the molecule is CCN1CCC(CNC(=O)C2C(C)CCCC2N)CC1. The second-order valence-corrected chi connectivity index (χ2v) is 6.72. The predicted octanol–water partition coefficient (Wildman–Crippen LogP) is 1.60. The molecule has 20 heavy (non-hydrogen) atoms. The highest BCUT2D eigenvalue weighted by Gasteiger charge is 2.34. The lowest BCUT2D eigenvalue weighted by Gasteiger charge is -2.34. The van der Waals surface area contributed by atoms with Gasteiger partial charge in [-0.1, -0.05) is 20.3 Å². The summed E-state index contributed by atoms with van der Waals surface area (Å²) in [5, 5.41) is 3.18. The van der Waals surface area contributed by atoms with Crippen LogP contribution in [0, 0.1) is 17.8 Å². The van der Waals surface area contributed by atoms with Gasteiger partial charge in [0.25, 0.3) is 0 Å². The van der Waals surface area contributed by atoms with Crippen molar-refractivity contribution in [3.8, 4) is 0 Å². The highest BCUT2D eigenvalue weighted by molar-refractivity contribution is 5.79. The summed E-state index contributed by atoms with van der Waals surface area (Å²) >= 11 is 0. The zero-order chi connectivity index (χ0) is 14.5. The molecule has 0 aromatic heterocycles. The molecule has 2 fully saturated rings. The zero-order valence-corrected chi connectivity index (χ0v) is 13.1. The third-order valence-electron chi connectivity index (χ3n) is 5.29. The molecule has 1 aliphatic heterocycles. The maximum atomic E-state index is 12.4. The van der Waals surface area contributed by atoms with Crippen molar-refractivity contribution in [3.05, 3.63) is 0 Å². The van der Waals surface area contributed by atoms with E-state index in [0.717, 1.165) is 25.9 Å². The second-order valence-electron chi connectivity index (χ2n) is 6.72. The van der Waals surface area contributed by atoms with E-state index in [-0.39, 0.29) is 17.9 Å². The Balaban J connectivity index is 1.74. The van der Waals surface area contributed by atoms with Gasteiger partial charge in [-0.2, -0.15) is 0 Å². The summed E-state index contributed by atoms with van der Waals surface area (Å²) in [5.74, 6) is 1.31. The molecule has 0 aromatic carbocycles. The summed E-state index contributed by atoms with van der Waals surface area (Å²) in [6, 6.07) is 0.0562. The molecule has 0 aromatic rings. The number of piperidine rings is 1. The molecule has 0 spiro atoms.